The number of benzene rings is 2. The quantitative estimate of drug-likeness (QED) is 0.0247. The van der Waals surface area contributed by atoms with Crippen LogP contribution in [0.25, 0.3) is 10.9 Å². The molecular weight excluding hydrogens is 907 g/mol. The Hall–Kier alpha value is -7.66. The minimum absolute atomic E-state index is 0.0503. The van der Waals surface area contributed by atoms with Crippen molar-refractivity contribution >= 4 is 64.1 Å². The van der Waals surface area contributed by atoms with Crippen LogP contribution in [0.4, 0.5) is 0 Å². The Morgan fingerprint density at radius 2 is 1.29 bits per heavy atom. The van der Waals surface area contributed by atoms with Crippen molar-refractivity contribution in [3.63, 3.8) is 0 Å². The molecule has 23 heteroatoms. The molecule has 0 fully saturated rings. The van der Waals surface area contributed by atoms with E-state index in [0.717, 1.165) is 16.5 Å². The number of H-pyrrole nitrogens is 2. The summed E-state index contributed by atoms with van der Waals surface area (Å²) in [5.74, 6) is -7.56. The fraction of sp³-hybridized carbons (Fsp3) is 0.447. The zero-order valence-electron chi connectivity index (χ0n) is 39.8. The second-order valence-corrected chi connectivity index (χ2v) is 17.7. The lowest BCUT2D eigenvalue weighted by Gasteiger charge is -2.26. The highest BCUT2D eigenvalue weighted by Gasteiger charge is 2.33. The van der Waals surface area contributed by atoms with Crippen LogP contribution in [-0.4, -0.2) is 122 Å². The Bertz CT molecular complexity index is 2430. The Morgan fingerprint density at radius 1 is 0.657 bits per heavy atom. The second-order valence-electron chi connectivity index (χ2n) is 17.7. The summed E-state index contributed by atoms with van der Waals surface area (Å²) in [5.41, 5.74) is 15.8. The van der Waals surface area contributed by atoms with Gasteiger partial charge in [0, 0.05) is 48.3 Å². The molecule has 0 unspecified atom stereocenters. The molecule has 0 bridgehead atoms. The third-order valence-corrected chi connectivity index (χ3v) is 11.2. The number of hydrogen-bond acceptors (Lipinski definition) is 12. The summed E-state index contributed by atoms with van der Waals surface area (Å²) in [5, 5.41) is 28.0. The normalized spacial score (nSPS) is 14.2. The number of primary amides is 1. The van der Waals surface area contributed by atoms with Gasteiger partial charge in [0.25, 0.3) is 5.91 Å². The average molecular weight is 972 g/mol. The summed E-state index contributed by atoms with van der Waals surface area (Å²) in [6.45, 7) is 7.65. The van der Waals surface area contributed by atoms with Gasteiger partial charge in [0.2, 0.25) is 47.3 Å². The fourth-order valence-corrected chi connectivity index (χ4v) is 7.39. The number of rotatable bonds is 27. The number of hydroxylamine groups is 1. The number of fused-ring (bicyclic) bond motifs is 1. The van der Waals surface area contributed by atoms with Gasteiger partial charge in [-0.1, -0.05) is 76.2 Å². The lowest BCUT2D eigenvalue weighted by Crippen LogP contribution is -2.59. The summed E-state index contributed by atoms with van der Waals surface area (Å²) in [4.78, 5) is 129. The fourth-order valence-electron chi connectivity index (χ4n) is 7.39. The van der Waals surface area contributed by atoms with Gasteiger partial charge in [-0.3, -0.25) is 48.4 Å². The number of para-hydroxylation sites is 1. The van der Waals surface area contributed by atoms with Gasteiger partial charge in [0.1, 0.15) is 36.3 Å². The first kappa shape index (κ1) is 54.9. The summed E-state index contributed by atoms with van der Waals surface area (Å²) in [6, 6.07) is 7.62. The van der Waals surface area contributed by atoms with Crippen molar-refractivity contribution < 1.29 is 48.4 Å². The smallest absolute Gasteiger partial charge is 0.265 e. The van der Waals surface area contributed by atoms with Gasteiger partial charge in [-0.25, -0.2) is 10.5 Å². The molecule has 2 aromatic carbocycles. The number of carbonyl (C=O) groups excluding carboxylic acids is 9. The Morgan fingerprint density at radius 3 is 1.93 bits per heavy atom. The minimum atomic E-state index is -1.34. The molecule has 4 aromatic rings. The predicted molar refractivity (Wildman–Crippen MR) is 255 cm³/mol. The van der Waals surface area contributed by atoms with E-state index in [2.05, 4.69) is 52.2 Å². The Labute approximate surface area is 404 Å². The molecule has 9 amide bonds. The molecule has 4 rings (SSSR count). The van der Waals surface area contributed by atoms with Gasteiger partial charge in [0.05, 0.1) is 18.9 Å². The highest BCUT2D eigenvalue weighted by Crippen LogP contribution is 2.20. The van der Waals surface area contributed by atoms with Crippen molar-refractivity contribution in [1.82, 2.24) is 57.6 Å². The van der Waals surface area contributed by atoms with E-state index in [9.17, 15) is 48.4 Å². The molecule has 0 saturated carbocycles. The van der Waals surface area contributed by atoms with Crippen LogP contribution >= 0.6 is 0 Å². The standard InChI is InChI=1S/C47H65N13O10/c1-25(2)17-35(46(68)60-70)57-45(67)37(20-30-22-50-24-53-30)55-39(62)23-52-47(69)40(26(3)4)59-41(63)27(5)54-44(66)36(19-29-21-51-33-14-10-9-13-31(29)33)58-43(65)34(15-16-38(49)61)56-42(64)32(48)18-28-11-7-6-8-12-28/h6-14,21-22,24-27,32,34-37,40,51,70H,15-20,23,48H2,1-5H3,(H2,49,61)(H,50,53)(H,52,69)(H,54,66)(H,55,62)(H,56,64)(H,57,67)(H,58,65)(H,59,63)(H,60,68)/t27-,32+,34-,35-,36-,37-,40-/m0/s1. The van der Waals surface area contributed by atoms with Gasteiger partial charge in [-0.15, -0.1) is 0 Å². The lowest BCUT2D eigenvalue weighted by molar-refractivity contribution is -0.136. The van der Waals surface area contributed by atoms with Gasteiger partial charge in [0.15, 0.2) is 0 Å². The number of nitrogens with two attached hydrogens (primary N) is 2. The van der Waals surface area contributed by atoms with Gasteiger partial charge in [-0.05, 0) is 55.2 Å². The summed E-state index contributed by atoms with van der Waals surface area (Å²) in [7, 11) is 0. The van der Waals surface area contributed by atoms with E-state index in [1.54, 1.807) is 50.4 Å². The first-order valence-corrected chi connectivity index (χ1v) is 22.9. The van der Waals surface area contributed by atoms with Crippen LogP contribution in [0, 0.1) is 11.8 Å². The van der Waals surface area contributed by atoms with Crippen LogP contribution in [0.2, 0.25) is 0 Å². The minimum Gasteiger partial charge on any atom is -0.370 e. The monoisotopic (exact) mass is 971 g/mol. The first-order chi connectivity index (χ1) is 33.3. The van der Waals surface area contributed by atoms with E-state index in [0.29, 0.717) is 11.3 Å². The molecule has 2 aromatic heterocycles. The maximum absolute atomic E-state index is 14.1. The van der Waals surface area contributed by atoms with Crippen molar-refractivity contribution in [3.05, 3.63) is 90.1 Å². The third-order valence-electron chi connectivity index (χ3n) is 11.2. The topological polar surface area (TPSA) is 367 Å². The predicted octanol–water partition coefficient (Wildman–Crippen LogP) is -1.24. The first-order valence-electron chi connectivity index (χ1n) is 22.9. The van der Waals surface area contributed by atoms with Crippen LogP contribution < -0.4 is 54.2 Å². The van der Waals surface area contributed by atoms with E-state index in [1.165, 1.54) is 24.9 Å². The van der Waals surface area contributed by atoms with E-state index < -0.39 is 108 Å². The molecule has 70 heavy (non-hydrogen) atoms. The van der Waals surface area contributed by atoms with Crippen LogP contribution in [-0.2, 0) is 62.4 Å². The highest BCUT2D eigenvalue weighted by atomic mass is 16.5. The molecule has 2 heterocycles. The second kappa shape index (κ2) is 26.8. The van der Waals surface area contributed by atoms with E-state index >= 15 is 0 Å². The number of nitrogens with one attached hydrogen (secondary N) is 10. The van der Waals surface area contributed by atoms with Gasteiger partial charge >= 0.3 is 0 Å². The Balaban J connectivity index is 1.44. The third kappa shape index (κ3) is 17.1. The maximum Gasteiger partial charge on any atom is 0.265 e. The van der Waals surface area contributed by atoms with E-state index in [4.69, 9.17) is 11.5 Å². The van der Waals surface area contributed by atoms with Crippen molar-refractivity contribution in [2.24, 2.45) is 23.3 Å². The molecule has 0 saturated heterocycles. The maximum atomic E-state index is 14.1. The summed E-state index contributed by atoms with van der Waals surface area (Å²) in [6.07, 6.45) is 4.17. The van der Waals surface area contributed by atoms with Crippen molar-refractivity contribution in [3.8, 4) is 0 Å². The van der Waals surface area contributed by atoms with Crippen molar-refractivity contribution in [2.75, 3.05) is 6.54 Å². The number of nitrogens with zero attached hydrogens (tertiary/aromatic N) is 1. The summed E-state index contributed by atoms with van der Waals surface area (Å²) >= 11 is 0. The van der Waals surface area contributed by atoms with Gasteiger partial charge in [-0.2, -0.15) is 0 Å². The van der Waals surface area contributed by atoms with Crippen molar-refractivity contribution in [1.29, 1.82) is 0 Å². The molecule has 0 spiro atoms. The molecule has 0 aliphatic rings. The molecule has 0 radical (unpaired) electrons. The summed E-state index contributed by atoms with van der Waals surface area (Å²) < 4.78 is 0. The molecule has 7 atom stereocenters. The van der Waals surface area contributed by atoms with E-state index in [-0.39, 0.29) is 44.4 Å². The molecule has 15 N–H and O–H groups in total. The SMILES string of the molecule is CC(C)C[C@H](NC(=O)[C@H](Cc1cnc[nH]1)NC(=O)CNC(=O)[C@@H](NC(=O)[C@H](C)NC(=O)[C@H](Cc1c[nH]c2ccccc12)NC(=O)[C@H](CCC(N)=O)NC(=O)[C@H](N)Cc1ccccc1)C(C)C)C(=O)NO. The largest absolute Gasteiger partial charge is 0.370 e. The highest BCUT2D eigenvalue weighted by molar-refractivity contribution is 5.97. The van der Waals surface area contributed by atoms with Crippen LogP contribution in [0.15, 0.2) is 73.3 Å². The molecule has 23 nitrogen and oxygen atoms in total. The molecule has 378 valence electrons. The number of imidazole rings is 1. The molecule has 0 aliphatic carbocycles. The van der Waals surface area contributed by atoms with Crippen LogP contribution in [0.3, 0.4) is 0 Å². The number of aromatic nitrogens is 3. The zero-order chi connectivity index (χ0) is 51.5. The number of amides is 9. The number of carbonyl (C=O) groups is 9. The van der Waals surface area contributed by atoms with Crippen LogP contribution in [0.5, 0.6) is 0 Å². The number of aromatic amines is 2. The molecule has 0 aliphatic heterocycles. The Kier molecular flexibility index (Phi) is 21.0. The average Bonchev–Trinajstić information content (AvgIpc) is 4.00. The molecular formula is C47H65N13O10. The lowest BCUT2D eigenvalue weighted by atomic mass is 10.0. The van der Waals surface area contributed by atoms with Crippen molar-refractivity contribution in [2.45, 2.75) is 115 Å². The van der Waals surface area contributed by atoms with Crippen LogP contribution in [0.1, 0.15) is 70.7 Å². The number of hydrogen-bond donors (Lipinski definition) is 13. The van der Waals surface area contributed by atoms with Gasteiger partial charge < -0.3 is 58.7 Å². The van der Waals surface area contributed by atoms with E-state index in [1.807, 2.05) is 38.1 Å². The zero-order valence-corrected chi connectivity index (χ0v) is 39.8.